The van der Waals surface area contributed by atoms with E-state index in [1.165, 1.54) is 10.9 Å². The number of nitrogens with one attached hydrogen (secondary N) is 1. The molecule has 1 aromatic heterocycles. The van der Waals surface area contributed by atoms with Crippen LogP contribution in [-0.4, -0.2) is 28.2 Å². The normalized spacial score (nSPS) is 10.1. The molecule has 6 nitrogen and oxygen atoms in total. The van der Waals surface area contributed by atoms with Crippen molar-refractivity contribution in [3.05, 3.63) is 53.9 Å². The first-order chi connectivity index (χ1) is 9.65. The van der Waals surface area contributed by atoms with Gasteiger partial charge < -0.3 is 10.1 Å². The van der Waals surface area contributed by atoms with E-state index in [0.717, 1.165) is 5.56 Å². The third kappa shape index (κ3) is 3.94. The Balaban J connectivity index is 1.74. The molecule has 0 aliphatic rings. The van der Waals surface area contributed by atoms with Gasteiger partial charge in [0.25, 0.3) is 0 Å². The largest absolute Gasteiger partial charge is 0.445 e. The van der Waals surface area contributed by atoms with Crippen molar-refractivity contribution in [1.29, 1.82) is 0 Å². The fourth-order valence-corrected chi connectivity index (χ4v) is 1.59. The highest BCUT2D eigenvalue weighted by atomic mass is 16.5. The van der Waals surface area contributed by atoms with Gasteiger partial charge in [-0.15, -0.1) is 0 Å². The summed E-state index contributed by atoms with van der Waals surface area (Å²) >= 11 is 0. The van der Waals surface area contributed by atoms with Gasteiger partial charge in [0.15, 0.2) is 5.78 Å². The van der Waals surface area contributed by atoms with Gasteiger partial charge in [-0.1, -0.05) is 30.3 Å². The molecule has 2 rings (SSSR count). The monoisotopic (exact) mass is 273 g/mol. The van der Waals surface area contributed by atoms with E-state index in [9.17, 15) is 9.59 Å². The highest BCUT2D eigenvalue weighted by molar-refractivity contribution is 5.98. The molecule has 1 aromatic carbocycles. The lowest BCUT2D eigenvalue weighted by Crippen LogP contribution is -2.29. The van der Waals surface area contributed by atoms with Crippen LogP contribution < -0.4 is 5.32 Å². The smallest absolute Gasteiger partial charge is 0.407 e. The van der Waals surface area contributed by atoms with Crippen LogP contribution in [0.2, 0.25) is 0 Å². The molecule has 6 heteroatoms. The van der Waals surface area contributed by atoms with Gasteiger partial charge in [-0.05, 0) is 5.56 Å². The van der Waals surface area contributed by atoms with Gasteiger partial charge in [-0.3, -0.25) is 9.48 Å². The summed E-state index contributed by atoms with van der Waals surface area (Å²) in [6.45, 7) is 0.0626. The summed E-state index contributed by atoms with van der Waals surface area (Å²) in [7, 11) is 1.72. The molecule has 0 saturated carbocycles. The summed E-state index contributed by atoms with van der Waals surface area (Å²) in [5.41, 5.74) is 1.34. The second kappa shape index (κ2) is 6.51. The van der Waals surface area contributed by atoms with Crippen molar-refractivity contribution >= 4 is 11.9 Å². The number of hydrogen-bond acceptors (Lipinski definition) is 4. The van der Waals surface area contributed by atoms with Crippen LogP contribution in [0.3, 0.4) is 0 Å². The predicted molar refractivity (Wildman–Crippen MR) is 72.2 cm³/mol. The molecule has 0 saturated heterocycles. The Morgan fingerprint density at radius 1 is 1.30 bits per heavy atom. The molecule has 1 heterocycles. The molecule has 0 aliphatic heterocycles. The van der Waals surface area contributed by atoms with Crippen LogP contribution in [-0.2, 0) is 18.4 Å². The van der Waals surface area contributed by atoms with Crippen molar-refractivity contribution in [2.75, 3.05) is 6.54 Å². The van der Waals surface area contributed by atoms with Crippen molar-refractivity contribution in [2.45, 2.75) is 6.61 Å². The first kappa shape index (κ1) is 13.8. The molecule has 1 N–H and O–H groups in total. The van der Waals surface area contributed by atoms with Crippen molar-refractivity contribution in [3.8, 4) is 0 Å². The second-order valence-electron chi connectivity index (χ2n) is 4.24. The lowest BCUT2D eigenvalue weighted by Gasteiger charge is -2.06. The third-order valence-electron chi connectivity index (χ3n) is 2.63. The molecule has 104 valence electrons. The molecule has 0 unspecified atom stereocenters. The lowest BCUT2D eigenvalue weighted by molar-refractivity contribution is 0.0974. The van der Waals surface area contributed by atoms with Gasteiger partial charge in [0.05, 0.1) is 18.3 Å². The molecule has 0 aliphatic carbocycles. The molecule has 0 bridgehead atoms. The minimum Gasteiger partial charge on any atom is -0.445 e. The number of Topliss-reactive ketones (excluding diaryl/α,β-unsaturated/α-hetero) is 1. The number of ether oxygens (including phenoxy) is 1. The minimum atomic E-state index is -0.619. The Morgan fingerprint density at radius 3 is 2.70 bits per heavy atom. The van der Waals surface area contributed by atoms with E-state index in [1.807, 2.05) is 30.3 Å². The first-order valence-corrected chi connectivity index (χ1v) is 6.11. The number of aromatic nitrogens is 2. The molecule has 0 spiro atoms. The van der Waals surface area contributed by atoms with Gasteiger partial charge in [0.1, 0.15) is 6.61 Å². The van der Waals surface area contributed by atoms with E-state index in [4.69, 9.17) is 4.74 Å². The molecule has 0 atom stereocenters. The molecule has 0 radical (unpaired) electrons. The second-order valence-corrected chi connectivity index (χ2v) is 4.24. The maximum absolute atomic E-state index is 11.7. The number of benzene rings is 1. The maximum Gasteiger partial charge on any atom is 0.407 e. The van der Waals surface area contributed by atoms with E-state index >= 15 is 0 Å². The maximum atomic E-state index is 11.7. The number of carbonyl (C=O) groups is 2. The van der Waals surface area contributed by atoms with Crippen LogP contribution in [0.5, 0.6) is 0 Å². The minimum absolute atomic E-state index is 0.112. The lowest BCUT2D eigenvalue weighted by atomic mass is 10.2. The summed E-state index contributed by atoms with van der Waals surface area (Å²) in [4.78, 5) is 23.2. The van der Waals surface area contributed by atoms with E-state index in [2.05, 4.69) is 10.4 Å². The van der Waals surface area contributed by atoms with Crippen LogP contribution in [0.15, 0.2) is 42.7 Å². The topological polar surface area (TPSA) is 73.2 Å². The van der Waals surface area contributed by atoms with Crippen LogP contribution in [0.4, 0.5) is 4.79 Å². The number of amides is 1. The predicted octanol–water partition coefficient (Wildman–Crippen LogP) is 1.53. The molecule has 1 amide bonds. The van der Waals surface area contributed by atoms with Crippen LogP contribution in [0, 0.1) is 0 Å². The van der Waals surface area contributed by atoms with Gasteiger partial charge >= 0.3 is 6.09 Å². The highest BCUT2D eigenvalue weighted by Crippen LogP contribution is 2.01. The molecule has 2 aromatic rings. The zero-order valence-electron chi connectivity index (χ0n) is 11.1. The molecule has 20 heavy (non-hydrogen) atoms. The summed E-state index contributed by atoms with van der Waals surface area (Å²) < 4.78 is 6.53. The zero-order valence-corrected chi connectivity index (χ0v) is 11.1. The van der Waals surface area contributed by atoms with Gasteiger partial charge in [0.2, 0.25) is 0 Å². The van der Waals surface area contributed by atoms with E-state index in [1.54, 1.807) is 13.2 Å². The quantitative estimate of drug-likeness (QED) is 0.838. The summed E-state index contributed by atoms with van der Waals surface area (Å²) in [6, 6.07) is 9.32. The summed E-state index contributed by atoms with van der Waals surface area (Å²) in [5, 5.41) is 6.31. The molecular weight excluding hydrogens is 258 g/mol. The van der Waals surface area contributed by atoms with Crippen LogP contribution >= 0.6 is 0 Å². The number of ketones is 1. The third-order valence-corrected chi connectivity index (χ3v) is 2.63. The Kier molecular flexibility index (Phi) is 4.49. The van der Waals surface area contributed by atoms with Crippen LogP contribution in [0.1, 0.15) is 15.9 Å². The number of nitrogens with zero attached hydrogens (tertiary/aromatic N) is 2. The number of rotatable bonds is 5. The number of alkyl carbamates (subject to hydrolysis) is 1. The first-order valence-electron chi connectivity index (χ1n) is 6.11. The van der Waals surface area contributed by atoms with Gasteiger partial charge in [-0.25, -0.2) is 4.79 Å². The Morgan fingerprint density at radius 2 is 2.05 bits per heavy atom. The number of aryl methyl sites for hydroxylation is 1. The number of hydrogen-bond donors (Lipinski definition) is 1. The van der Waals surface area contributed by atoms with Gasteiger partial charge in [0, 0.05) is 13.2 Å². The van der Waals surface area contributed by atoms with Crippen molar-refractivity contribution < 1.29 is 14.3 Å². The Hall–Kier alpha value is -2.63. The molecular formula is C14H15N3O3. The van der Waals surface area contributed by atoms with E-state index in [-0.39, 0.29) is 18.9 Å². The zero-order chi connectivity index (χ0) is 14.4. The summed E-state index contributed by atoms with van der Waals surface area (Å²) in [5.74, 6) is -0.213. The number of carbonyl (C=O) groups excluding carboxylic acids is 2. The highest BCUT2D eigenvalue weighted by Gasteiger charge is 2.10. The van der Waals surface area contributed by atoms with Crippen LogP contribution in [0.25, 0.3) is 0 Å². The average Bonchev–Trinajstić information content (AvgIpc) is 2.90. The average molecular weight is 273 g/mol. The molecule has 0 fully saturated rings. The summed E-state index contributed by atoms with van der Waals surface area (Å²) in [6.07, 6.45) is 2.43. The van der Waals surface area contributed by atoms with E-state index in [0.29, 0.717) is 5.56 Å². The fraction of sp³-hybridized carbons (Fsp3) is 0.214. The standard InChI is InChI=1S/C14H15N3O3/c1-17-9-12(7-16-17)13(18)8-15-14(19)20-10-11-5-3-2-4-6-11/h2-7,9H,8,10H2,1H3,(H,15,19). The Bertz CT molecular complexity index is 593. The fourth-order valence-electron chi connectivity index (χ4n) is 1.59. The SMILES string of the molecule is Cn1cc(C(=O)CNC(=O)OCc2ccccc2)cn1. The van der Waals surface area contributed by atoms with Crippen molar-refractivity contribution in [2.24, 2.45) is 7.05 Å². The van der Waals surface area contributed by atoms with E-state index < -0.39 is 6.09 Å². The van der Waals surface area contributed by atoms with Gasteiger partial charge in [-0.2, -0.15) is 5.10 Å². The van der Waals surface area contributed by atoms with Crippen molar-refractivity contribution in [3.63, 3.8) is 0 Å². The Labute approximate surface area is 116 Å². The van der Waals surface area contributed by atoms with Crippen molar-refractivity contribution in [1.82, 2.24) is 15.1 Å².